The van der Waals surface area contributed by atoms with Crippen LogP contribution in [-0.4, -0.2) is 17.6 Å². The van der Waals surface area contributed by atoms with E-state index < -0.39 is 17.5 Å². The van der Waals surface area contributed by atoms with Gasteiger partial charge in [-0.05, 0) is 74.9 Å². The molecule has 0 saturated heterocycles. The zero-order chi connectivity index (χ0) is 20.3. The van der Waals surface area contributed by atoms with Crippen LogP contribution in [0.4, 0.5) is 20.6 Å². The van der Waals surface area contributed by atoms with Gasteiger partial charge in [-0.1, -0.05) is 18.2 Å². The SMILES string of the molecule is CC(C)(C)OC(=O)Nc1ccc(F)cc1NC(=O)Cc1ccc2c(c1)CCC2. The Morgan fingerprint density at radius 2 is 1.75 bits per heavy atom. The van der Waals surface area contributed by atoms with E-state index in [1.807, 2.05) is 6.07 Å². The van der Waals surface area contributed by atoms with E-state index in [-0.39, 0.29) is 23.7 Å². The van der Waals surface area contributed by atoms with Crippen LogP contribution in [0.1, 0.15) is 43.9 Å². The van der Waals surface area contributed by atoms with Gasteiger partial charge in [-0.3, -0.25) is 10.1 Å². The maximum atomic E-state index is 13.7. The van der Waals surface area contributed by atoms with Crippen LogP contribution in [0, 0.1) is 5.82 Å². The van der Waals surface area contributed by atoms with Crippen LogP contribution >= 0.6 is 0 Å². The normalized spacial score (nSPS) is 13.0. The van der Waals surface area contributed by atoms with E-state index in [1.165, 1.54) is 29.3 Å². The fraction of sp³-hybridized carbons (Fsp3) is 0.364. The number of carbonyl (C=O) groups is 2. The van der Waals surface area contributed by atoms with Crippen molar-refractivity contribution in [2.24, 2.45) is 0 Å². The summed E-state index contributed by atoms with van der Waals surface area (Å²) in [5, 5.41) is 5.24. The number of anilines is 2. The predicted octanol–water partition coefficient (Wildman–Crippen LogP) is 4.84. The van der Waals surface area contributed by atoms with Crippen molar-refractivity contribution >= 4 is 23.4 Å². The lowest BCUT2D eigenvalue weighted by Gasteiger charge is -2.20. The Labute approximate surface area is 164 Å². The first-order valence-electron chi connectivity index (χ1n) is 9.40. The molecule has 1 aliphatic carbocycles. The average Bonchev–Trinajstić information content (AvgIpc) is 3.03. The van der Waals surface area contributed by atoms with Gasteiger partial charge in [0.2, 0.25) is 5.91 Å². The van der Waals surface area contributed by atoms with E-state index in [2.05, 4.69) is 22.8 Å². The topological polar surface area (TPSA) is 67.4 Å². The van der Waals surface area contributed by atoms with Gasteiger partial charge in [-0.15, -0.1) is 0 Å². The minimum atomic E-state index is -0.673. The van der Waals surface area contributed by atoms with Crippen LogP contribution < -0.4 is 10.6 Å². The molecule has 2 aromatic rings. The smallest absolute Gasteiger partial charge is 0.412 e. The molecular weight excluding hydrogens is 359 g/mol. The molecule has 0 bridgehead atoms. The average molecular weight is 384 g/mol. The van der Waals surface area contributed by atoms with Gasteiger partial charge in [0.05, 0.1) is 17.8 Å². The van der Waals surface area contributed by atoms with Crippen molar-refractivity contribution in [2.45, 2.75) is 52.1 Å². The van der Waals surface area contributed by atoms with E-state index in [0.717, 1.165) is 24.8 Å². The summed E-state index contributed by atoms with van der Waals surface area (Å²) >= 11 is 0. The van der Waals surface area contributed by atoms with Gasteiger partial charge in [0.25, 0.3) is 0 Å². The summed E-state index contributed by atoms with van der Waals surface area (Å²) in [5.41, 5.74) is 3.36. The summed E-state index contributed by atoms with van der Waals surface area (Å²) in [7, 11) is 0. The molecule has 6 heteroatoms. The van der Waals surface area contributed by atoms with Crippen LogP contribution in [0.25, 0.3) is 0 Å². The number of rotatable bonds is 4. The number of benzene rings is 2. The summed E-state index contributed by atoms with van der Waals surface area (Å²) in [4.78, 5) is 24.5. The molecule has 0 aromatic heterocycles. The second kappa shape index (κ2) is 8.00. The number of fused-ring (bicyclic) bond motifs is 1. The van der Waals surface area contributed by atoms with Crippen LogP contribution in [0.2, 0.25) is 0 Å². The number of hydrogen-bond donors (Lipinski definition) is 2. The molecule has 0 heterocycles. The van der Waals surface area contributed by atoms with E-state index >= 15 is 0 Å². The largest absolute Gasteiger partial charge is 0.444 e. The van der Waals surface area contributed by atoms with Crippen LogP contribution in [0.15, 0.2) is 36.4 Å². The molecule has 28 heavy (non-hydrogen) atoms. The summed E-state index contributed by atoms with van der Waals surface area (Å²) in [6.45, 7) is 5.24. The Morgan fingerprint density at radius 3 is 2.50 bits per heavy atom. The van der Waals surface area contributed by atoms with Gasteiger partial charge in [0.1, 0.15) is 11.4 Å². The molecule has 0 saturated carbocycles. The van der Waals surface area contributed by atoms with Crippen molar-refractivity contribution in [1.29, 1.82) is 0 Å². The minimum absolute atomic E-state index is 0.176. The molecule has 0 fully saturated rings. The lowest BCUT2D eigenvalue weighted by atomic mass is 10.0. The van der Waals surface area contributed by atoms with Crippen molar-refractivity contribution in [1.82, 2.24) is 0 Å². The number of nitrogens with one attached hydrogen (secondary N) is 2. The Morgan fingerprint density at radius 1 is 1.00 bits per heavy atom. The van der Waals surface area contributed by atoms with Crippen LogP contribution in [-0.2, 0) is 28.8 Å². The van der Waals surface area contributed by atoms with E-state index in [4.69, 9.17) is 4.74 Å². The fourth-order valence-electron chi connectivity index (χ4n) is 3.26. The number of ether oxygens (including phenoxy) is 1. The molecule has 2 aromatic carbocycles. The van der Waals surface area contributed by atoms with E-state index in [9.17, 15) is 14.0 Å². The van der Waals surface area contributed by atoms with Gasteiger partial charge in [0.15, 0.2) is 0 Å². The third kappa shape index (κ3) is 5.31. The summed E-state index contributed by atoms with van der Waals surface area (Å²) in [5.74, 6) is -0.793. The molecule has 148 valence electrons. The Bertz CT molecular complexity index is 903. The molecule has 0 atom stereocenters. The van der Waals surface area contributed by atoms with Gasteiger partial charge in [-0.2, -0.15) is 0 Å². The first-order valence-corrected chi connectivity index (χ1v) is 9.40. The quantitative estimate of drug-likeness (QED) is 0.792. The van der Waals surface area contributed by atoms with Gasteiger partial charge < -0.3 is 10.1 Å². The van der Waals surface area contributed by atoms with Crippen molar-refractivity contribution in [2.75, 3.05) is 10.6 Å². The van der Waals surface area contributed by atoms with Crippen LogP contribution in [0.3, 0.4) is 0 Å². The second-order valence-electron chi connectivity index (χ2n) is 8.00. The highest BCUT2D eigenvalue weighted by atomic mass is 19.1. The first-order chi connectivity index (χ1) is 13.2. The Kier molecular flexibility index (Phi) is 5.68. The molecule has 1 aliphatic rings. The van der Waals surface area contributed by atoms with Crippen molar-refractivity contribution in [3.05, 3.63) is 58.9 Å². The number of amides is 2. The lowest BCUT2D eigenvalue weighted by Crippen LogP contribution is -2.27. The number of aryl methyl sites for hydroxylation is 2. The highest BCUT2D eigenvalue weighted by Crippen LogP contribution is 2.25. The molecule has 0 unspecified atom stereocenters. The molecule has 0 spiro atoms. The first kappa shape index (κ1) is 19.9. The number of carbonyl (C=O) groups excluding carboxylic acids is 2. The van der Waals surface area contributed by atoms with Gasteiger partial charge in [0, 0.05) is 0 Å². The Hall–Kier alpha value is -2.89. The zero-order valence-corrected chi connectivity index (χ0v) is 16.4. The predicted molar refractivity (Wildman–Crippen MR) is 107 cm³/mol. The third-order valence-corrected chi connectivity index (χ3v) is 4.42. The molecule has 5 nitrogen and oxygen atoms in total. The van der Waals surface area contributed by atoms with Gasteiger partial charge >= 0.3 is 6.09 Å². The molecule has 0 aliphatic heterocycles. The maximum absolute atomic E-state index is 13.7. The molecule has 2 N–H and O–H groups in total. The molecule has 0 radical (unpaired) electrons. The van der Waals surface area contributed by atoms with Crippen molar-refractivity contribution in [3.8, 4) is 0 Å². The van der Waals surface area contributed by atoms with Crippen molar-refractivity contribution < 1.29 is 18.7 Å². The molecule has 2 amide bonds. The summed E-state index contributed by atoms with van der Waals surface area (Å²) in [6, 6.07) is 9.87. The highest BCUT2D eigenvalue weighted by Gasteiger charge is 2.18. The number of hydrogen-bond acceptors (Lipinski definition) is 3. The monoisotopic (exact) mass is 384 g/mol. The van der Waals surface area contributed by atoms with E-state index in [1.54, 1.807) is 20.8 Å². The Balaban J connectivity index is 1.69. The van der Waals surface area contributed by atoms with Crippen molar-refractivity contribution in [3.63, 3.8) is 0 Å². The number of halogens is 1. The fourth-order valence-corrected chi connectivity index (χ4v) is 3.26. The summed E-state index contributed by atoms with van der Waals surface area (Å²) < 4.78 is 18.9. The van der Waals surface area contributed by atoms with E-state index in [0.29, 0.717) is 0 Å². The lowest BCUT2D eigenvalue weighted by molar-refractivity contribution is -0.115. The maximum Gasteiger partial charge on any atom is 0.412 e. The highest BCUT2D eigenvalue weighted by molar-refractivity contribution is 5.98. The summed E-state index contributed by atoms with van der Waals surface area (Å²) in [6.07, 6.45) is 2.78. The molecule has 3 rings (SSSR count). The zero-order valence-electron chi connectivity index (χ0n) is 16.4. The standard InChI is InChI=1S/C22H25FN2O3/c1-22(2,3)28-21(27)25-18-10-9-17(23)13-19(18)24-20(26)12-14-7-8-15-5-4-6-16(15)11-14/h7-11,13H,4-6,12H2,1-3H3,(H,24,26)(H,25,27). The van der Waals surface area contributed by atoms with Crippen LogP contribution in [0.5, 0.6) is 0 Å². The van der Waals surface area contributed by atoms with Gasteiger partial charge in [-0.25, -0.2) is 9.18 Å². The molecular formula is C22H25FN2O3. The third-order valence-electron chi connectivity index (χ3n) is 4.42. The minimum Gasteiger partial charge on any atom is -0.444 e. The second-order valence-corrected chi connectivity index (χ2v) is 8.00.